The molecule has 0 aliphatic rings. The van der Waals surface area contributed by atoms with Gasteiger partial charge in [-0.2, -0.15) is 18.3 Å². The summed E-state index contributed by atoms with van der Waals surface area (Å²) in [6, 6.07) is 0. The molecule has 0 fully saturated rings. The van der Waals surface area contributed by atoms with E-state index in [-0.39, 0.29) is 12.4 Å². The minimum absolute atomic E-state index is 0. The first kappa shape index (κ1) is 13.1. The van der Waals surface area contributed by atoms with Gasteiger partial charge in [0.25, 0.3) is 0 Å². The summed E-state index contributed by atoms with van der Waals surface area (Å²) >= 11 is 0. The number of nitrogen functional groups attached to an aromatic ring is 1. The van der Waals surface area contributed by atoms with Gasteiger partial charge in [-0.1, -0.05) is 0 Å². The highest BCUT2D eigenvalue weighted by atomic mass is 35.5. The Bertz CT molecular complexity index is 319. The van der Waals surface area contributed by atoms with Crippen LogP contribution in [0.5, 0.6) is 0 Å². The molecule has 3 nitrogen and oxygen atoms in total. The normalized spacial score (nSPS) is 11.2. The van der Waals surface area contributed by atoms with Crippen LogP contribution in [0.15, 0.2) is 0 Å². The van der Waals surface area contributed by atoms with Crippen molar-refractivity contribution in [2.45, 2.75) is 26.6 Å². The van der Waals surface area contributed by atoms with Gasteiger partial charge in [-0.25, -0.2) is 0 Å². The molecule has 1 heterocycles. The van der Waals surface area contributed by atoms with E-state index in [9.17, 15) is 13.2 Å². The summed E-state index contributed by atoms with van der Waals surface area (Å²) in [6.07, 6.45) is -4.25. The topological polar surface area (TPSA) is 43.8 Å². The van der Waals surface area contributed by atoms with Crippen molar-refractivity contribution in [1.29, 1.82) is 0 Å². The Hall–Kier alpha value is -0.910. The van der Waals surface area contributed by atoms with E-state index in [1.54, 1.807) is 6.92 Å². The molecule has 0 saturated carbocycles. The van der Waals surface area contributed by atoms with Crippen molar-refractivity contribution in [3.63, 3.8) is 0 Å². The van der Waals surface area contributed by atoms with Gasteiger partial charge >= 0.3 is 6.18 Å². The molecule has 0 aliphatic heterocycles. The van der Waals surface area contributed by atoms with Crippen LogP contribution in [0, 0.1) is 13.8 Å². The van der Waals surface area contributed by atoms with Gasteiger partial charge in [-0.3, -0.25) is 4.68 Å². The number of alkyl halides is 3. The average molecular weight is 230 g/mol. The van der Waals surface area contributed by atoms with Crippen LogP contribution in [0.25, 0.3) is 0 Å². The van der Waals surface area contributed by atoms with Gasteiger partial charge in [-0.05, 0) is 13.8 Å². The Labute approximate surface area is 85.5 Å². The Morgan fingerprint density at radius 2 is 1.86 bits per heavy atom. The lowest BCUT2D eigenvalue weighted by Gasteiger charge is -2.07. The molecule has 14 heavy (non-hydrogen) atoms. The Balaban J connectivity index is 0.00000169. The van der Waals surface area contributed by atoms with Crippen LogP contribution in [-0.4, -0.2) is 16.0 Å². The van der Waals surface area contributed by atoms with Crippen molar-refractivity contribution in [3.05, 3.63) is 11.4 Å². The van der Waals surface area contributed by atoms with E-state index < -0.39 is 12.7 Å². The predicted octanol–water partition coefficient (Wildman–Crippen LogP) is 2.07. The summed E-state index contributed by atoms with van der Waals surface area (Å²) in [4.78, 5) is 0. The second-order valence-corrected chi connectivity index (χ2v) is 2.86. The summed E-state index contributed by atoms with van der Waals surface area (Å²) < 4.78 is 36.7. The largest absolute Gasteiger partial charge is 0.408 e. The minimum Gasteiger partial charge on any atom is -0.396 e. The fourth-order valence-corrected chi connectivity index (χ4v) is 1.03. The number of nitrogens with zero attached hydrogens (tertiary/aromatic N) is 2. The van der Waals surface area contributed by atoms with Crippen molar-refractivity contribution >= 4 is 18.1 Å². The van der Waals surface area contributed by atoms with Gasteiger partial charge in [0.05, 0.1) is 17.1 Å². The van der Waals surface area contributed by atoms with Crippen molar-refractivity contribution < 1.29 is 13.2 Å². The summed E-state index contributed by atoms with van der Waals surface area (Å²) in [5.74, 6) is 0. The van der Waals surface area contributed by atoms with Gasteiger partial charge < -0.3 is 5.73 Å². The van der Waals surface area contributed by atoms with Crippen molar-refractivity contribution in [1.82, 2.24) is 9.78 Å². The number of hydrogen-bond acceptors (Lipinski definition) is 2. The summed E-state index contributed by atoms with van der Waals surface area (Å²) in [7, 11) is 0. The highest BCUT2D eigenvalue weighted by Crippen LogP contribution is 2.21. The second kappa shape index (κ2) is 4.08. The first-order chi connectivity index (χ1) is 5.81. The molecule has 0 saturated heterocycles. The smallest absolute Gasteiger partial charge is 0.396 e. The standard InChI is InChI=1S/C7H10F3N3.ClH/c1-4-6(11)5(2)13(12-4)3-7(8,9)10;/h3,11H2,1-2H3;1H. The van der Waals surface area contributed by atoms with E-state index in [1.165, 1.54) is 6.92 Å². The molecule has 0 bridgehead atoms. The molecule has 7 heteroatoms. The molecule has 0 unspecified atom stereocenters. The Kier molecular flexibility index (Phi) is 3.81. The van der Waals surface area contributed by atoms with Crippen LogP contribution < -0.4 is 5.73 Å². The third-order valence-corrected chi connectivity index (χ3v) is 1.77. The van der Waals surface area contributed by atoms with Crippen LogP contribution in [0.4, 0.5) is 18.9 Å². The fraction of sp³-hybridized carbons (Fsp3) is 0.571. The number of halogens is 4. The molecular formula is C7H11ClF3N3. The van der Waals surface area contributed by atoms with Crippen LogP contribution in [0.3, 0.4) is 0 Å². The molecule has 0 atom stereocenters. The van der Waals surface area contributed by atoms with Gasteiger partial charge in [0.1, 0.15) is 6.54 Å². The number of hydrogen-bond donors (Lipinski definition) is 1. The SMILES string of the molecule is Cc1nn(CC(F)(F)F)c(C)c1N.Cl. The Morgan fingerprint density at radius 1 is 1.36 bits per heavy atom. The number of aromatic nitrogens is 2. The van der Waals surface area contributed by atoms with E-state index in [0.717, 1.165) is 4.68 Å². The van der Waals surface area contributed by atoms with E-state index >= 15 is 0 Å². The van der Waals surface area contributed by atoms with Crippen LogP contribution in [0.1, 0.15) is 11.4 Å². The zero-order chi connectivity index (χ0) is 10.2. The number of aryl methyl sites for hydroxylation is 1. The Morgan fingerprint density at radius 3 is 2.14 bits per heavy atom. The lowest BCUT2D eigenvalue weighted by molar-refractivity contribution is -0.142. The van der Waals surface area contributed by atoms with E-state index in [2.05, 4.69) is 5.10 Å². The third-order valence-electron chi connectivity index (χ3n) is 1.77. The minimum atomic E-state index is -4.25. The van der Waals surface area contributed by atoms with Crippen LogP contribution in [-0.2, 0) is 6.54 Å². The van der Waals surface area contributed by atoms with Gasteiger partial charge in [-0.15, -0.1) is 12.4 Å². The maximum atomic E-state index is 12.0. The highest BCUT2D eigenvalue weighted by molar-refractivity contribution is 5.85. The molecule has 1 aromatic rings. The monoisotopic (exact) mass is 229 g/mol. The number of rotatable bonds is 1. The summed E-state index contributed by atoms with van der Waals surface area (Å²) in [5.41, 5.74) is 6.58. The summed E-state index contributed by atoms with van der Waals surface area (Å²) in [5, 5.41) is 3.67. The van der Waals surface area contributed by atoms with Crippen molar-refractivity contribution in [2.24, 2.45) is 0 Å². The lowest BCUT2D eigenvalue weighted by atomic mass is 10.3. The van der Waals surface area contributed by atoms with E-state index in [1.807, 2.05) is 0 Å². The van der Waals surface area contributed by atoms with Crippen molar-refractivity contribution in [3.8, 4) is 0 Å². The van der Waals surface area contributed by atoms with Crippen molar-refractivity contribution in [2.75, 3.05) is 5.73 Å². The van der Waals surface area contributed by atoms with E-state index in [4.69, 9.17) is 5.73 Å². The van der Waals surface area contributed by atoms with Gasteiger partial charge in [0.2, 0.25) is 0 Å². The maximum Gasteiger partial charge on any atom is 0.408 e. The molecule has 82 valence electrons. The molecule has 2 N–H and O–H groups in total. The molecule has 1 rings (SSSR count). The molecule has 1 aromatic heterocycles. The molecule has 0 spiro atoms. The van der Waals surface area contributed by atoms with E-state index in [0.29, 0.717) is 17.1 Å². The van der Waals surface area contributed by atoms with Crippen LogP contribution in [0.2, 0.25) is 0 Å². The number of nitrogens with two attached hydrogens (primary N) is 1. The first-order valence-corrected chi connectivity index (χ1v) is 3.67. The molecule has 0 aliphatic carbocycles. The zero-order valence-corrected chi connectivity index (χ0v) is 8.54. The average Bonchev–Trinajstić information content (AvgIpc) is 2.15. The zero-order valence-electron chi connectivity index (χ0n) is 7.72. The second-order valence-electron chi connectivity index (χ2n) is 2.86. The fourth-order valence-electron chi connectivity index (χ4n) is 1.03. The highest BCUT2D eigenvalue weighted by Gasteiger charge is 2.29. The van der Waals surface area contributed by atoms with Gasteiger partial charge in [0, 0.05) is 0 Å². The van der Waals surface area contributed by atoms with Gasteiger partial charge in [0.15, 0.2) is 0 Å². The predicted molar refractivity (Wildman–Crippen MR) is 49.4 cm³/mol. The molecular weight excluding hydrogens is 219 g/mol. The lowest BCUT2D eigenvalue weighted by Crippen LogP contribution is -2.19. The summed E-state index contributed by atoms with van der Waals surface area (Å²) in [6.45, 7) is 2.01. The third kappa shape index (κ3) is 2.80. The first-order valence-electron chi connectivity index (χ1n) is 3.67. The number of anilines is 1. The van der Waals surface area contributed by atoms with Crippen LogP contribution >= 0.6 is 12.4 Å². The molecule has 0 radical (unpaired) electrons. The quantitative estimate of drug-likeness (QED) is 0.801. The molecule has 0 aromatic carbocycles. The molecule has 0 amide bonds. The maximum absolute atomic E-state index is 12.0.